The minimum atomic E-state index is 0.402. The molecule has 0 spiro atoms. The topological polar surface area (TPSA) is 68.3 Å². The number of hydrogen-bond acceptors (Lipinski definition) is 4. The molecule has 0 saturated heterocycles. The number of hydrogen-bond donors (Lipinski definition) is 1. The van der Waals surface area contributed by atoms with E-state index in [0.29, 0.717) is 33.5 Å². The number of nitrogens with two attached hydrogens (primary N) is 1. The molecule has 0 aromatic heterocycles. The van der Waals surface area contributed by atoms with Gasteiger partial charge in [0.25, 0.3) is 0 Å². The van der Waals surface area contributed by atoms with Crippen LogP contribution in [0.1, 0.15) is 5.56 Å². The largest absolute Gasteiger partial charge is 0.497 e. The average Bonchev–Trinajstić information content (AvgIpc) is 2.43. The zero-order valence-electron chi connectivity index (χ0n) is 10.2. The summed E-state index contributed by atoms with van der Waals surface area (Å²) in [5.74, 6) is 1.52. The van der Waals surface area contributed by atoms with Gasteiger partial charge in [-0.1, -0.05) is 11.6 Å². The maximum atomic E-state index is 9.04. The monoisotopic (exact) mass is 274 g/mol. The van der Waals surface area contributed by atoms with Gasteiger partial charge < -0.3 is 15.2 Å². The van der Waals surface area contributed by atoms with E-state index in [9.17, 15) is 0 Å². The Balaban J connectivity index is 2.36. The van der Waals surface area contributed by atoms with E-state index in [1.165, 1.54) is 0 Å². The zero-order chi connectivity index (χ0) is 13.8. The minimum absolute atomic E-state index is 0.402. The van der Waals surface area contributed by atoms with Crippen LogP contribution in [0.3, 0.4) is 0 Å². The SMILES string of the molecule is COc1ccc(C#N)c(Oc2ccc(N)c(Cl)c2)c1. The van der Waals surface area contributed by atoms with Gasteiger partial charge in [0.2, 0.25) is 0 Å². The first kappa shape index (κ1) is 13.1. The van der Waals surface area contributed by atoms with Crippen LogP contribution in [0.25, 0.3) is 0 Å². The van der Waals surface area contributed by atoms with Gasteiger partial charge in [-0.25, -0.2) is 0 Å². The second kappa shape index (κ2) is 5.51. The number of benzene rings is 2. The molecular weight excluding hydrogens is 264 g/mol. The summed E-state index contributed by atoms with van der Waals surface area (Å²) in [7, 11) is 1.55. The lowest BCUT2D eigenvalue weighted by atomic mass is 10.2. The highest BCUT2D eigenvalue weighted by atomic mass is 35.5. The first-order valence-corrected chi connectivity index (χ1v) is 5.83. The summed E-state index contributed by atoms with van der Waals surface area (Å²) in [6.45, 7) is 0. The Morgan fingerprint density at radius 2 is 1.89 bits per heavy atom. The van der Waals surface area contributed by atoms with Gasteiger partial charge in [-0.15, -0.1) is 0 Å². The lowest BCUT2D eigenvalue weighted by Gasteiger charge is -2.10. The maximum Gasteiger partial charge on any atom is 0.148 e. The van der Waals surface area contributed by atoms with Gasteiger partial charge in [-0.3, -0.25) is 0 Å². The highest BCUT2D eigenvalue weighted by molar-refractivity contribution is 6.33. The third-order valence-electron chi connectivity index (χ3n) is 2.51. The molecule has 0 aliphatic carbocycles. The predicted octanol–water partition coefficient (Wildman–Crippen LogP) is 3.59. The molecule has 0 atom stereocenters. The summed E-state index contributed by atoms with van der Waals surface area (Å²) in [5, 5.41) is 9.44. The van der Waals surface area contributed by atoms with Crippen molar-refractivity contribution in [1.82, 2.24) is 0 Å². The fourth-order valence-corrected chi connectivity index (χ4v) is 1.68. The van der Waals surface area contributed by atoms with E-state index in [4.69, 9.17) is 32.1 Å². The fourth-order valence-electron chi connectivity index (χ4n) is 1.50. The Kier molecular flexibility index (Phi) is 3.79. The van der Waals surface area contributed by atoms with E-state index in [1.807, 2.05) is 0 Å². The van der Waals surface area contributed by atoms with E-state index < -0.39 is 0 Å². The summed E-state index contributed by atoms with van der Waals surface area (Å²) in [4.78, 5) is 0. The molecular formula is C14H11ClN2O2. The first-order valence-electron chi connectivity index (χ1n) is 5.45. The van der Waals surface area contributed by atoms with Gasteiger partial charge in [0, 0.05) is 12.1 Å². The first-order chi connectivity index (χ1) is 9.13. The van der Waals surface area contributed by atoms with Crippen LogP contribution >= 0.6 is 11.6 Å². The number of anilines is 1. The molecule has 0 fully saturated rings. The van der Waals surface area contributed by atoms with Crippen LogP contribution in [-0.2, 0) is 0 Å². The number of methoxy groups -OCH3 is 1. The van der Waals surface area contributed by atoms with Crippen LogP contribution in [0.5, 0.6) is 17.2 Å². The summed E-state index contributed by atoms with van der Waals surface area (Å²) in [6, 6.07) is 11.9. The number of rotatable bonds is 3. The standard InChI is InChI=1S/C14H11ClN2O2/c1-18-10-3-2-9(8-16)14(7-10)19-11-4-5-13(17)12(15)6-11/h2-7H,17H2,1H3. The van der Waals surface area contributed by atoms with E-state index >= 15 is 0 Å². The van der Waals surface area contributed by atoms with Crippen LogP contribution in [0.2, 0.25) is 5.02 Å². The van der Waals surface area contributed by atoms with Crippen molar-refractivity contribution < 1.29 is 9.47 Å². The summed E-state index contributed by atoms with van der Waals surface area (Å²) >= 11 is 5.92. The van der Waals surface area contributed by atoms with Crippen molar-refractivity contribution >= 4 is 17.3 Å². The van der Waals surface area contributed by atoms with Crippen molar-refractivity contribution in [3.05, 3.63) is 47.0 Å². The quantitative estimate of drug-likeness (QED) is 0.869. The highest BCUT2D eigenvalue weighted by Gasteiger charge is 2.08. The van der Waals surface area contributed by atoms with E-state index in [2.05, 4.69) is 6.07 Å². The van der Waals surface area contributed by atoms with Gasteiger partial charge in [-0.2, -0.15) is 5.26 Å². The number of halogens is 1. The minimum Gasteiger partial charge on any atom is -0.497 e. The van der Waals surface area contributed by atoms with Gasteiger partial charge in [0.15, 0.2) is 0 Å². The number of nitrogen functional groups attached to an aromatic ring is 1. The normalized spacial score (nSPS) is 9.74. The fraction of sp³-hybridized carbons (Fsp3) is 0.0714. The molecule has 2 N–H and O–H groups in total. The summed E-state index contributed by atoms with van der Waals surface area (Å²) in [5.41, 5.74) is 6.51. The van der Waals surface area contributed by atoms with Crippen molar-refractivity contribution in [2.24, 2.45) is 0 Å². The van der Waals surface area contributed by atoms with Crippen molar-refractivity contribution in [3.63, 3.8) is 0 Å². The summed E-state index contributed by atoms with van der Waals surface area (Å²) in [6.07, 6.45) is 0. The molecule has 0 aliphatic rings. The van der Waals surface area contributed by atoms with E-state index in [0.717, 1.165) is 0 Å². The molecule has 5 heteroatoms. The lowest BCUT2D eigenvalue weighted by molar-refractivity contribution is 0.409. The molecule has 0 unspecified atom stereocenters. The molecule has 4 nitrogen and oxygen atoms in total. The van der Waals surface area contributed by atoms with Crippen LogP contribution in [0.15, 0.2) is 36.4 Å². The van der Waals surface area contributed by atoms with E-state index in [1.54, 1.807) is 43.5 Å². The number of nitriles is 1. The van der Waals surface area contributed by atoms with E-state index in [-0.39, 0.29) is 0 Å². The Labute approximate surface area is 115 Å². The second-order valence-electron chi connectivity index (χ2n) is 3.76. The number of nitrogens with zero attached hydrogens (tertiary/aromatic N) is 1. The Bertz CT molecular complexity index is 650. The predicted molar refractivity (Wildman–Crippen MR) is 73.6 cm³/mol. The molecule has 2 aromatic rings. The molecule has 19 heavy (non-hydrogen) atoms. The Hall–Kier alpha value is -2.38. The lowest BCUT2D eigenvalue weighted by Crippen LogP contribution is -1.92. The second-order valence-corrected chi connectivity index (χ2v) is 4.17. The molecule has 0 bridgehead atoms. The molecule has 0 radical (unpaired) electrons. The van der Waals surface area contributed by atoms with Gasteiger partial charge in [0.1, 0.15) is 23.3 Å². The van der Waals surface area contributed by atoms with Gasteiger partial charge in [-0.05, 0) is 24.3 Å². The van der Waals surface area contributed by atoms with Crippen LogP contribution < -0.4 is 15.2 Å². The van der Waals surface area contributed by atoms with Crippen molar-refractivity contribution in [3.8, 4) is 23.3 Å². The zero-order valence-corrected chi connectivity index (χ0v) is 10.9. The molecule has 96 valence electrons. The van der Waals surface area contributed by atoms with Crippen molar-refractivity contribution in [1.29, 1.82) is 5.26 Å². The van der Waals surface area contributed by atoms with Gasteiger partial charge in [0.05, 0.1) is 23.4 Å². The maximum absolute atomic E-state index is 9.04. The molecule has 2 aromatic carbocycles. The molecule has 0 aliphatic heterocycles. The molecule has 0 amide bonds. The molecule has 0 heterocycles. The van der Waals surface area contributed by atoms with Crippen molar-refractivity contribution in [2.45, 2.75) is 0 Å². The van der Waals surface area contributed by atoms with Crippen LogP contribution in [0, 0.1) is 11.3 Å². The summed E-state index contributed by atoms with van der Waals surface area (Å²) < 4.78 is 10.7. The van der Waals surface area contributed by atoms with Crippen molar-refractivity contribution in [2.75, 3.05) is 12.8 Å². The number of ether oxygens (including phenoxy) is 2. The smallest absolute Gasteiger partial charge is 0.148 e. The average molecular weight is 275 g/mol. The van der Waals surface area contributed by atoms with Crippen LogP contribution in [0.4, 0.5) is 5.69 Å². The van der Waals surface area contributed by atoms with Crippen LogP contribution in [-0.4, -0.2) is 7.11 Å². The highest BCUT2D eigenvalue weighted by Crippen LogP contribution is 2.31. The Morgan fingerprint density at radius 1 is 1.16 bits per heavy atom. The Morgan fingerprint density at radius 3 is 2.53 bits per heavy atom. The molecule has 0 saturated carbocycles. The van der Waals surface area contributed by atoms with Gasteiger partial charge >= 0.3 is 0 Å². The molecule has 2 rings (SSSR count). The third-order valence-corrected chi connectivity index (χ3v) is 2.84. The third kappa shape index (κ3) is 2.90.